The number of amides is 1. The normalized spacial score (nSPS) is 28.7. The van der Waals surface area contributed by atoms with Gasteiger partial charge in [0, 0.05) is 42.7 Å². The molecule has 1 aromatic heterocycles. The molecule has 1 amide bonds. The summed E-state index contributed by atoms with van der Waals surface area (Å²) in [6.45, 7) is 3.95. The third-order valence-corrected chi connectivity index (χ3v) is 5.31. The van der Waals surface area contributed by atoms with Crippen LogP contribution in [0.15, 0.2) is 6.20 Å². The fourth-order valence-electron chi connectivity index (χ4n) is 2.92. The predicted octanol–water partition coefficient (Wildman–Crippen LogP) is 1.27. The maximum absolute atomic E-state index is 11.4. The molecule has 2 aliphatic heterocycles. The molecular weight excluding hydrogens is 260 g/mol. The van der Waals surface area contributed by atoms with Gasteiger partial charge < -0.3 is 16.0 Å². The molecule has 2 aliphatic rings. The van der Waals surface area contributed by atoms with E-state index in [2.05, 4.69) is 15.2 Å². The fourth-order valence-corrected chi connectivity index (χ4v) is 3.82. The monoisotopic (exact) mass is 280 g/mol. The molecule has 3 unspecified atom stereocenters. The van der Waals surface area contributed by atoms with E-state index in [-0.39, 0.29) is 11.9 Å². The van der Waals surface area contributed by atoms with Crippen LogP contribution in [-0.4, -0.2) is 30.0 Å². The average molecular weight is 280 g/mol. The maximum atomic E-state index is 11.4. The van der Waals surface area contributed by atoms with Crippen LogP contribution in [0.5, 0.6) is 0 Å². The van der Waals surface area contributed by atoms with Crippen molar-refractivity contribution in [2.75, 3.05) is 18.0 Å². The Balaban J connectivity index is 1.68. The van der Waals surface area contributed by atoms with Gasteiger partial charge >= 0.3 is 0 Å². The third kappa shape index (κ3) is 2.60. The Morgan fingerprint density at radius 1 is 1.58 bits per heavy atom. The van der Waals surface area contributed by atoms with E-state index < -0.39 is 0 Å². The van der Waals surface area contributed by atoms with Gasteiger partial charge in [-0.25, -0.2) is 4.98 Å². The zero-order valence-corrected chi connectivity index (χ0v) is 11.9. The number of piperidine rings is 2. The molecule has 3 atom stereocenters. The summed E-state index contributed by atoms with van der Waals surface area (Å²) in [6.07, 6.45) is 4.57. The Kier molecular flexibility index (Phi) is 3.45. The molecule has 3 N–H and O–H groups in total. The molecule has 0 aliphatic carbocycles. The van der Waals surface area contributed by atoms with Crippen molar-refractivity contribution in [3.63, 3.8) is 0 Å². The molecule has 0 bridgehead atoms. The van der Waals surface area contributed by atoms with E-state index in [0.29, 0.717) is 18.4 Å². The van der Waals surface area contributed by atoms with Gasteiger partial charge in [0.1, 0.15) is 0 Å². The van der Waals surface area contributed by atoms with Gasteiger partial charge in [0.15, 0.2) is 5.13 Å². The molecule has 2 saturated heterocycles. The second-order valence-electron chi connectivity index (χ2n) is 5.54. The first-order valence-electron chi connectivity index (χ1n) is 6.89. The molecule has 0 aromatic carbocycles. The highest BCUT2D eigenvalue weighted by molar-refractivity contribution is 7.15. The van der Waals surface area contributed by atoms with Crippen molar-refractivity contribution in [2.24, 2.45) is 11.7 Å². The number of carbonyl (C=O) groups excluding carboxylic acids is 1. The summed E-state index contributed by atoms with van der Waals surface area (Å²) in [7, 11) is 0. The van der Waals surface area contributed by atoms with Crippen molar-refractivity contribution in [3.8, 4) is 0 Å². The molecule has 2 fully saturated rings. The number of anilines is 1. The molecule has 0 spiro atoms. The fraction of sp³-hybridized carbons (Fsp3) is 0.692. The van der Waals surface area contributed by atoms with Crippen LogP contribution in [0.3, 0.4) is 0 Å². The van der Waals surface area contributed by atoms with Crippen molar-refractivity contribution in [3.05, 3.63) is 11.1 Å². The minimum Gasteiger partial charge on any atom is -0.353 e. The van der Waals surface area contributed by atoms with E-state index in [4.69, 9.17) is 5.73 Å². The summed E-state index contributed by atoms with van der Waals surface area (Å²) in [5.74, 6) is 0.775. The van der Waals surface area contributed by atoms with Gasteiger partial charge in [-0.05, 0) is 25.7 Å². The molecule has 1 aromatic rings. The van der Waals surface area contributed by atoms with Gasteiger partial charge in [-0.1, -0.05) is 0 Å². The Morgan fingerprint density at radius 2 is 2.42 bits per heavy atom. The summed E-state index contributed by atoms with van der Waals surface area (Å²) < 4.78 is 0. The second-order valence-corrected chi connectivity index (χ2v) is 6.58. The van der Waals surface area contributed by atoms with Crippen molar-refractivity contribution in [2.45, 2.75) is 38.3 Å². The maximum Gasteiger partial charge on any atom is 0.220 e. The highest BCUT2D eigenvalue weighted by atomic mass is 32.1. The Bertz CT molecular complexity index is 473. The Hall–Kier alpha value is -1.14. The first-order chi connectivity index (χ1) is 9.13. The van der Waals surface area contributed by atoms with E-state index >= 15 is 0 Å². The summed E-state index contributed by atoms with van der Waals surface area (Å²) >= 11 is 1.69. The van der Waals surface area contributed by atoms with Crippen LogP contribution in [0.4, 0.5) is 5.13 Å². The van der Waals surface area contributed by atoms with Crippen molar-refractivity contribution < 1.29 is 4.79 Å². The van der Waals surface area contributed by atoms with E-state index in [1.807, 2.05) is 13.1 Å². The molecule has 6 heteroatoms. The standard InChI is InChI=1S/C13H20N4OS/c1-8(14)11-6-15-13(19-11)17-5-4-10-9(7-17)2-3-12(18)16-10/h6,8-10H,2-5,7,14H2,1H3,(H,16,18). The topological polar surface area (TPSA) is 71.2 Å². The number of aromatic nitrogens is 1. The molecule has 104 valence electrons. The number of hydrogen-bond donors (Lipinski definition) is 2. The summed E-state index contributed by atoms with van der Waals surface area (Å²) in [4.78, 5) is 19.4. The molecule has 5 nitrogen and oxygen atoms in total. The number of fused-ring (bicyclic) bond motifs is 1. The first kappa shape index (κ1) is 12.9. The molecule has 0 saturated carbocycles. The van der Waals surface area contributed by atoms with Crippen LogP contribution in [0, 0.1) is 5.92 Å². The van der Waals surface area contributed by atoms with Gasteiger partial charge in [-0.3, -0.25) is 4.79 Å². The van der Waals surface area contributed by atoms with E-state index in [9.17, 15) is 4.79 Å². The summed E-state index contributed by atoms with van der Waals surface area (Å²) in [5.41, 5.74) is 5.88. The van der Waals surface area contributed by atoms with Crippen molar-refractivity contribution in [1.29, 1.82) is 0 Å². The summed E-state index contributed by atoms with van der Waals surface area (Å²) in [5, 5.41) is 4.18. The predicted molar refractivity (Wildman–Crippen MR) is 76.2 cm³/mol. The van der Waals surface area contributed by atoms with Crippen LogP contribution in [0.25, 0.3) is 0 Å². The summed E-state index contributed by atoms with van der Waals surface area (Å²) in [6, 6.07) is 0.420. The largest absolute Gasteiger partial charge is 0.353 e. The Morgan fingerprint density at radius 3 is 3.16 bits per heavy atom. The van der Waals surface area contributed by atoms with Crippen LogP contribution in [0.1, 0.15) is 37.1 Å². The van der Waals surface area contributed by atoms with Crippen LogP contribution in [-0.2, 0) is 4.79 Å². The second kappa shape index (κ2) is 5.09. The quantitative estimate of drug-likeness (QED) is 0.856. The highest BCUT2D eigenvalue weighted by Gasteiger charge is 2.34. The molecule has 19 heavy (non-hydrogen) atoms. The van der Waals surface area contributed by atoms with Gasteiger partial charge in [0.05, 0.1) is 0 Å². The number of nitrogens with two attached hydrogens (primary N) is 1. The third-order valence-electron chi connectivity index (χ3n) is 4.05. The lowest BCUT2D eigenvalue weighted by Crippen LogP contribution is -2.54. The van der Waals surface area contributed by atoms with Crippen molar-refractivity contribution >= 4 is 22.4 Å². The van der Waals surface area contributed by atoms with Gasteiger partial charge in [-0.15, -0.1) is 11.3 Å². The minimum atomic E-state index is 0.0535. The van der Waals surface area contributed by atoms with E-state index in [1.54, 1.807) is 11.3 Å². The molecule has 0 radical (unpaired) electrons. The number of thiazole rings is 1. The molecular formula is C13H20N4OS. The number of rotatable bonds is 2. The van der Waals surface area contributed by atoms with Gasteiger partial charge in [0.25, 0.3) is 0 Å². The SMILES string of the molecule is CC(N)c1cnc(N2CCC3NC(=O)CCC3C2)s1. The van der Waals surface area contributed by atoms with Gasteiger partial charge in [0.2, 0.25) is 5.91 Å². The Labute approximate surface area is 117 Å². The average Bonchev–Trinajstić information content (AvgIpc) is 2.88. The van der Waals surface area contributed by atoms with E-state index in [0.717, 1.165) is 35.9 Å². The minimum absolute atomic E-state index is 0.0535. The smallest absolute Gasteiger partial charge is 0.220 e. The van der Waals surface area contributed by atoms with Crippen LogP contribution >= 0.6 is 11.3 Å². The molecule has 3 heterocycles. The molecule has 3 rings (SSSR count). The number of hydrogen-bond acceptors (Lipinski definition) is 5. The lowest BCUT2D eigenvalue weighted by atomic mass is 9.85. The number of nitrogens with zero attached hydrogens (tertiary/aromatic N) is 2. The zero-order chi connectivity index (χ0) is 13.4. The van der Waals surface area contributed by atoms with Crippen molar-refractivity contribution in [1.82, 2.24) is 10.3 Å². The highest BCUT2D eigenvalue weighted by Crippen LogP contribution is 2.32. The van der Waals surface area contributed by atoms with E-state index in [1.165, 1.54) is 0 Å². The number of carbonyl (C=O) groups is 1. The van der Waals surface area contributed by atoms with Crippen LogP contribution in [0.2, 0.25) is 0 Å². The number of nitrogens with one attached hydrogen (secondary N) is 1. The lowest BCUT2D eigenvalue weighted by molar-refractivity contribution is -0.124. The lowest BCUT2D eigenvalue weighted by Gasteiger charge is -2.41. The first-order valence-corrected chi connectivity index (χ1v) is 7.71. The zero-order valence-electron chi connectivity index (χ0n) is 11.1. The van der Waals surface area contributed by atoms with Gasteiger partial charge in [-0.2, -0.15) is 0 Å². The van der Waals surface area contributed by atoms with Crippen LogP contribution < -0.4 is 16.0 Å².